The first-order chi connectivity index (χ1) is 10.0. The number of carbonyl (C=O) groups is 1. The van der Waals surface area contributed by atoms with E-state index < -0.39 is 6.23 Å². The summed E-state index contributed by atoms with van der Waals surface area (Å²) in [5.74, 6) is 0.662. The van der Waals surface area contributed by atoms with Gasteiger partial charge in [0.05, 0.1) is 0 Å². The predicted molar refractivity (Wildman–Crippen MR) is 85.9 cm³/mol. The molecule has 0 saturated carbocycles. The highest BCUT2D eigenvalue weighted by Crippen LogP contribution is 2.16. The Bertz CT molecular complexity index is 421. The first-order valence-corrected chi connectivity index (χ1v) is 7.61. The molecule has 0 heterocycles. The Kier molecular flexibility index (Phi) is 7.93. The van der Waals surface area contributed by atoms with Crippen molar-refractivity contribution in [3.8, 4) is 5.75 Å². The van der Waals surface area contributed by atoms with Gasteiger partial charge in [-0.05, 0) is 44.3 Å². The number of ether oxygens (including phenoxy) is 1. The summed E-state index contributed by atoms with van der Waals surface area (Å²) >= 11 is 5.80. The maximum atomic E-state index is 11.7. The summed E-state index contributed by atoms with van der Waals surface area (Å²) in [7, 11) is 0. The fourth-order valence-electron chi connectivity index (χ4n) is 1.85. The Hall–Kier alpha value is -1.46. The smallest absolute Gasteiger partial charge is 0.317 e. The van der Waals surface area contributed by atoms with E-state index in [2.05, 4.69) is 29.4 Å². The third-order valence-electron chi connectivity index (χ3n) is 3.07. The molecule has 5 nitrogen and oxygen atoms in total. The van der Waals surface area contributed by atoms with Crippen molar-refractivity contribution in [2.45, 2.75) is 27.0 Å². The number of benzene rings is 1. The molecule has 0 fully saturated rings. The lowest BCUT2D eigenvalue weighted by atomic mass is 10.3. The summed E-state index contributed by atoms with van der Waals surface area (Å²) in [6.45, 7) is 9.40. The number of nitrogens with one attached hydrogen (secondary N) is 2. The average molecular weight is 314 g/mol. The molecular formula is C15H24ClN3O2. The first kappa shape index (κ1) is 17.6. The van der Waals surface area contributed by atoms with Crippen LogP contribution < -0.4 is 15.4 Å². The highest BCUT2D eigenvalue weighted by molar-refractivity contribution is 6.30. The number of nitrogens with zero attached hydrogens (tertiary/aromatic N) is 1. The Labute approximate surface area is 131 Å². The van der Waals surface area contributed by atoms with Crippen LogP contribution in [0.5, 0.6) is 5.75 Å². The van der Waals surface area contributed by atoms with Crippen LogP contribution in [0.1, 0.15) is 20.8 Å². The standard InChI is InChI=1S/C15H24ClN3O2/c1-4-19(5-2)11-10-17-15(20)18-12(3)21-14-8-6-13(16)7-9-14/h6-9,12H,4-5,10-11H2,1-3H3,(H2,17,18,20). The minimum Gasteiger partial charge on any atom is -0.471 e. The van der Waals surface area contributed by atoms with Gasteiger partial charge in [0.2, 0.25) is 0 Å². The van der Waals surface area contributed by atoms with Crippen LogP contribution in [0, 0.1) is 0 Å². The SMILES string of the molecule is CCN(CC)CCNC(=O)NC(C)Oc1ccc(Cl)cc1. The summed E-state index contributed by atoms with van der Waals surface area (Å²) in [5, 5.41) is 6.19. The van der Waals surface area contributed by atoms with Crippen molar-refractivity contribution in [1.29, 1.82) is 0 Å². The van der Waals surface area contributed by atoms with Crippen LogP contribution in [0.4, 0.5) is 4.79 Å². The van der Waals surface area contributed by atoms with Crippen LogP contribution in [0.2, 0.25) is 5.02 Å². The number of likely N-dealkylation sites (N-methyl/N-ethyl adjacent to an activating group) is 1. The molecule has 0 aliphatic carbocycles. The fraction of sp³-hybridized carbons (Fsp3) is 0.533. The van der Waals surface area contributed by atoms with Crippen molar-refractivity contribution in [2.24, 2.45) is 0 Å². The highest BCUT2D eigenvalue weighted by Gasteiger charge is 2.08. The Morgan fingerprint density at radius 2 is 1.90 bits per heavy atom. The van der Waals surface area contributed by atoms with Gasteiger partial charge in [0.15, 0.2) is 6.23 Å². The van der Waals surface area contributed by atoms with Crippen LogP contribution in [0.3, 0.4) is 0 Å². The second-order valence-corrected chi connectivity index (χ2v) is 5.08. The van der Waals surface area contributed by atoms with Crippen LogP contribution in [-0.2, 0) is 0 Å². The Balaban J connectivity index is 2.25. The second kappa shape index (κ2) is 9.47. The van der Waals surface area contributed by atoms with Crippen LogP contribution in [-0.4, -0.2) is 43.3 Å². The van der Waals surface area contributed by atoms with Crippen LogP contribution in [0.25, 0.3) is 0 Å². The first-order valence-electron chi connectivity index (χ1n) is 7.24. The van der Waals surface area contributed by atoms with E-state index in [0.29, 0.717) is 17.3 Å². The van der Waals surface area contributed by atoms with Crippen molar-refractivity contribution in [1.82, 2.24) is 15.5 Å². The van der Waals surface area contributed by atoms with Gasteiger partial charge in [-0.25, -0.2) is 4.79 Å². The van der Waals surface area contributed by atoms with Gasteiger partial charge >= 0.3 is 6.03 Å². The number of hydrogen-bond donors (Lipinski definition) is 2. The lowest BCUT2D eigenvalue weighted by Crippen LogP contribution is -2.45. The summed E-state index contributed by atoms with van der Waals surface area (Å²) in [5.41, 5.74) is 0. The zero-order chi connectivity index (χ0) is 15.7. The molecule has 0 aromatic heterocycles. The maximum Gasteiger partial charge on any atom is 0.317 e. The molecule has 1 aromatic rings. The Morgan fingerprint density at radius 1 is 1.29 bits per heavy atom. The summed E-state index contributed by atoms with van der Waals surface area (Å²) in [6, 6.07) is 6.78. The third-order valence-corrected chi connectivity index (χ3v) is 3.32. The van der Waals surface area contributed by atoms with E-state index in [0.717, 1.165) is 19.6 Å². The number of hydrogen-bond acceptors (Lipinski definition) is 3. The molecule has 0 aliphatic heterocycles. The van der Waals surface area contributed by atoms with Crippen molar-refractivity contribution in [3.63, 3.8) is 0 Å². The molecule has 1 rings (SSSR count). The van der Waals surface area contributed by atoms with Crippen molar-refractivity contribution >= 4 is 17.6 Å². The van der Waals surface area contributed by atoms with Gasteiger partial charge in [-0.3, -0.25) is 0 Å². The van der Waals surface area contributed by atoms with Crippen molar-refractivity contribution in [2.75, 3.05) is 26.2 Å². The fourth-order valence-corrected chi connectivity index (χ4v) is 1.98. The lowest BCUT2D eigenvalue weighted by molar-refractivity contribution is 0.176. The molecular weight excluding hydrogens is 290 g/mol. The molecule has 118 valence electrons. The molecule has 1 aromatic carbocycles. The molecule has 1 unspecified atom stereocenters. The minimum absolute atomic E-state index is 0.233. The molecule has 2 amide bonds. The van der Waals surface area contributed by atoms with E-state index in [-0.39, 0.29) is 6.03 Å². The quantitative estimate of drug-likeness (QED) is 0.726. The summed E-state index contributed by atoms with van der Waals surface area (Å²) in [4.78, 5) is 14.0. The van der Waals surface area contributed by atoms with E-state index in [1.165, 1.54) is 0 Å². The van der Waals surface area contributed by atoms with E-state index >= 15 is 0 Å². The molecule has 0 spiro atoms. The molecule has 2 N–H and O–H groups in total. The third kappa shape index (κ3) is 7.20. The largest absolute Gasteiger partial charge is 0.471 e. The number of carbonyl (C=O) groups excluding carboxylic acids is 1. The van der Waals surface area contributed by atoms with Crippen molar-refractivity contribution in [3.05, 3.63) is 29.3 Å². The van der Waals surface area contributed by atoms with Gasteiger partial charge < -0.3 is 20.3 Å². The van der Waals surface area contributed by atoms with Gasteiger partial charge in [-0.2, -0.15) is 0 Å². The lowest BCUT2D eigenvalue weighted by Gasteiger charge is -2.19. The molecule has 1 atom stereocenters. The van der Waals surface area contributed by atoms with Crippen LogP contribution in [0.15, 0.2) is 24.3 Å². The minimum atomic E-state index is -0.417. The molecule has 0 aliphatic rings. The van der Waals surface area contributed by atoms with E-state index in [1.54, 1.807) is 31.2 Å². The number of halogens is 1. The van der Waals surface area contributed by atoms with Gasteiger partial charge in [-0.1, -0.05) is 25.4 Å². The van der Waals surface area contributed by atoms with Gasteiger partial charge in [0, 0.05) is 18.1 Å². The zero-order valence-electron chi connectivity index (χ0n) is 12.9. The van der Waals surface area contributed by atoms with E-state index in [9.17, 15) is 4.79 Å². The Morgan fingerprint density at radius 3 is 2.48 bits per heavy atom. The molecule has 6 heteroatoms. The molecule has 0 saturated heterocycles. The second-order valence-electron chi connectivity index (χ2n) is 4.64. The number of amides is 2. The zero-order valence-corrected chi connectivity index (χ0v) is 13.6. The predicted octanol–water partition coefficient (Wildman–Crippen LogP) is 2.71. The topological polar surface area (TPSA) is 53.6 Å². The monoisotopic (exact) mass is 313 g/mol. The maximum absolute atomic E-state index is 11.7. The van der Waals surface area contributed by atoms with E-state index in [4.69, 9.17) is 16.3 Å². The molecule has 0 bridgehead atoms. The van der Waals surface area contributed by atoms with Gasteiger partial charge in [0.25, 0.3) is 0 Å². The number of rotatable bonds is 8. The van der Waals surface area contributed by atoms with Crippen molar-refractivity contribution < 1.29 is 9.53 Å². The highest BCUT2D eigenvalue weighted by atomic mass is 35.5. The number of urea groups is 1. The van der Waals surface area contributed by atoms with Gasteiger partial charge in [0.1, 0.15) is 5.75 Å². The van der Waals surface area contributed by atoms with Crippen LogP contribution >= 0.6 is 11.6 Å². The summed E-state index contributed by atoms with van der Waals surface area (Å²) < 4.78 is 5.57. The van der Waals surface area contributed by atoms with Gasteiger partial charge in [-0.15, -0.1) is 0 Å². The molecule has 0 radical (unpaired) electrons. The average Bonchev–Trinajstić information content (AvgIpc) is 2.46. The van der Waals surface area contributed by atoms with E-state index in [1.807, 2.05) is 0 Å². The summed E-state index contributed by atoms with van der Waals surface area (Å²) in [6.07, 6.45) is -0.417. The molecule has 21 heavy (non-hydrogen) atoms. The normalized spacial score (nSPS) is 12.0.